The first-order valence-corrected chi connectivity index (χ1v) is 11.2. The van der Waals surface area contributed by atoms with E-state index in [2.05, 4.69) is 45.4 Å². The lowest BCUT2D eigenvalue weighted by molar-refractivity contribution is -0.130. The van der Waals surface area contributed by atoms with Crippen molar-refractivity contribution in [1.29, 1.82) is 0 Å². The van der Waals surface area contributed by atoms with Gasteiger partial charge in [-0.25, -0.2) is 0 Å². The Balaban J connectivity index is 1.21. The van der Waals surface area contributed by atoms with Crippen LogP contribution in [0.25, 0.3) is 22.0 Å². The van der Waals surface area contributed by atoms with E-state index >= 15 is 0 Å². The minimum Gasteiger partial charge on any atom is -0.496 e. The average Bonchev–Trinajstić information content (AvgIpc) is 2.89. The van der Waals surface area contributed by atoms with Crippen LogP contribution in [0.5, 0.6) is 5.75 Å². The molecule has 1 aliphatic rings. The summed E-state index contributed by atoms with van der Waals surface area (Å²) in [6, 6.07) is 26.4. The number of piperazine rings is 1. The number of nitrogens with zero attached hydrogens (tertiary/aromatic N) is 4. The van der Waals surface area contributed by atoms with Gasteiger partial charge in [-0.1, -0.05) is 54.6 Å². The standard InChI is InChI=1S/C27H26N4O2/c1-33-25-9-5-4-8-23(25)19-27(32)31-16-14-30(15-17-31)26-13-12-24(28-29-26)22-11-10-20-6-2-3-7-21(20)18-22/h2-13,18H,14-17,19H2,1H3. The third-order valence-electron chi connectivity index (χ3n) is 6.19. The Morgan fingerprint density at radius 1 is 0.848 bits per heavy atom. The van der Waals surface area contributed by atoms with Gasteiger partial charge in [-0.2, -0.15) is 0 Å². The number of ether oxygens (including phenoxy) is 1. The molecule has 1 amide bonds. The molecule has 1 aromatic heterocycles. The highest BCUT2D eigenvalue weighted by Gasteiger charge is 2.23. The van der Waals surface area contributed by atoms with Gasteiger partial charge in [-0.3, -0.25) is 4.79 Å². The fraction of sp³-hybridized carbons (Fsp3) is 0.222. The molecule has 0 bridgehead atoms. The van der Waals surface area contributed by atoms with E-state index in [1.54, 1.807) is 7.11 Å². The van der Waals surface area contributed by atoms with Gasteiger partial charge >= 0.3 is 0 Å². The summed E-state index contributed by atoms with van der Waals surface area (Å²) in [5, 5.41) is 11.4. The fourth-order valence-corrected chi connectivity index (χ4v) is 4.31. The molecule has 2 heterocycles. The van der Waals surface area contributed by atoms with Gasteiger partial charge in [0.1, 0.15) is 5.75 Å². The Labute approximate surface area is 193 Å². The Kier molecular flexibility index (Phi) is 5.89. The highest BCUT2D eigenvalue weighted by Crippen LogP contribution is 2.24. The van der Waals surface area contributed by atoms with Crippen molar-refractivity contribution in [3.8, 4) is 17.0 Å². The van der Waals surface area contributed by atoms with E-state index < -0.39 is 0 Å². The van der Waals surface area contributed by atoms with Gasteiger partial charge in [-0.15, -0.1) is 10.2 Å². The van der Waals surface area contributed by atoms with Crippen LogP contribution in [0, 0.1) is 0 Å². The van der Waals surface area contributed by atoms with Crippen LogP contribution in [0.15, 0.2) is 78.9 Å². The molecular formula is C27H26N4O2. The SMILES string of the molecule is COc1ccccc1CC(=O)N1CCN(c2ccc(-c3ccc4ccccc4c3)nn2)CC1. The summed E-state index contributed by atoms with van der Waals surface area (Å²) in [5.41, 5.74) is 2.83. The quantitative estimate of drug-likeness (QED) is 0.468. The van der Waals surface area contributed by atoms with E-state index in [1.807, 2.05) is 53.4 Å². The predicted molar refractivity (Wildman–Crippen MR) is 130 cm³/mol. The average molecular weight is 439 g/mol. The maximum Gasteiger partial charge on any atom is 0.227 e. The van der Waals surface area contributed by atoms with E-state index in [0.717, 1.165) is 41.5 Å². The van der Waals surface area contributed by atoms with Gasteiger partial charge in [-0.05, 0) is 35.0 Å². The first-order chi connectivity index (χ1) is 16.2. The summed E-state index contributed by atoms with van der Waals surface area (Å²) >= 11 is 0. The molecule has 33 heavy (non-hydrogen) atoms. The van der Waals surface area contributed by atoms with Crippen molar-refractivity contribution in [2.75, 3.05) is 38.2 Å². The van der Waals surface area contributed by atoms with E-state index in [0.29, 0.717) is 19.5 Å². The van der Waals surface area contributed by atoms with Gasteiger partial charge in [0.2, 0.25) is 5.91 Å². The highest BCUT2D eigenvalue weighted by atomic mass is 16.5. The summed E-state index contributed by atoms with van der Waals surface area (Å²) in [6.07, 6.45) is 0.351. The van der Waals surface area contributed by atoms with Crippen LogP contribution in [0.1, 0.15) is 5.56 Å². The number of carbonyl (C=O) groups is 1. The van der Waals surface area contributed by atoms with Crippen molar-refractivity contribution in [1.82, 2.24) is 15.1 Å². The lowest BCUT2D eigenvalue weighted by atomic mass is 10.1. The largest absolute Gasteiger partial charge is 0.496 e. The van der Waals surface area contributed by atoms with Gasteiger partial charge < -0.3 is 14.5 Å². The van der Waals surface area contributed by atoms with Gasteiger partial charge in [0.15, 0.2) is 5.82 Å². The van der Waals surface area contributed by atoms with Crippen LogP contribution in [0.3, 0.4) is 0 Å². The molecule has 3 aromatic carbocycles. The molecule has 0 aliphatic carbocycles. The smallest absolute Gasteiger partial charge is 0.227 e. The normalized spacial score (nSPS) is 13.8. The van der Waals surface area contributed by atoms with E-state index in [9.17, 15) is 4.79 Å². The zero-order chi connectivity index (χ0) is 22.6. The summed E-state index contributed by atoms with van der Waals surface area (Å²) in [7, 11) is 1.63. The molecule has 0 radical (unpaired) electrons. The maximum atomic E-state index is 12.8. The Bertz CT molecular complexity index is 1260. The molecule has 0 saturated carbocycles. The third kappa shape index (κ3) is 4.51. The van der Waals surface area contributed by atoms with E-state index in [-0.39, 0.29) is 5.91 Å². The van der Waals surface area contributed by atoms with Crippen LogP contribution in [-0.2, 0) is 11.2 Å². The molecule has 0 unspecified atom stereocenters. The number of benzene rings is 3. The zero-order valence-electron chi connectivity index (χ0n) is 18.6. The van der Waals surface area contributed by atoms with Crippen LogP contribution in [0.2, 0.25) is 0 Å². The van der Waals surface area contributed by atoms with Gasteiger partial charge in [0, 0.05) is 37.3 Å². The number of amides is 1. The molecule has 6 nitrogen and oxygen atoms in total. The summed E-state index contributed by atoms with van der Waals surface area (Å²) < 4.78 is 5.38. The fourth-order valence-electron chi connectivity index (χ4n) is 4.31. The summed E-state index contributed by atoms with van der Waals surface area (Å²) in [5.74, 6) is 1.72. The first kappa shape index (κ1) is 20.9. The molecule has 1 saturated heterocycles. The van der Waals surface area contributed by atoms with Crippen molar-refractivity contribution in [2.24, 2.45) is 0 Å². The molecule has 0 spiro atoms. The Morgan fingerprint density at radius 2 is 1.61 bits per heavy atom. The molecule has 1 aliphatic heterocycles. The topological polar surface area (TPSA) is 58.6 Å². The van der Waals surface area contributed by atoms with Crippen molar-refractivity contribution in [3.63, 3.8) is 0 Å². The number of methoxy groups -OCH3 is 1. The lowest BCUT2D eigenvalue weighted by Crippen LogP contribution is -2.49. The zero-order valence-corrected chi connectivity index (χ0v) is 18.6. The van der Waals surface area contributed by atoms with Crippen molar-refractivity contribution in [2.45, 2.75) is 6.42 Å². The molecule has 0 N–H and O–H groups in total. The monoisotopic (exact) mass is 438 g/mol. The number of fused-ring (bicyclic) bond motifs is 1. The van der Waals surface area contributed by atoms with E-state index in [1.165, 1.54) is 10.8 Å². The molecule has 166 valence electrons. The second kappa shape index (κ2) is 9.28. The number of para-hydroxylation sites is 1. The predicted octanol–water partition coefficient (Wildman–Crippen LogP) is 4.20. The summed E-state index contributed by atoms with van der Waals surface area (Å²) in [4.78, 5) is 16.9. The molecule has 6 heteroatoms. The van der Waals surface area contributed by atoms with Crippen molar-refractivity contribution >= 4 is 22.5 Å². The summed E-state index contributed by atoms with van der Waals surface area (Å²) in [6.45, 7) is 2.81. The van der Waals surface area contributed by atoms with Gasteiger partial charge in [0.25, 0.3) is 0 Å². The minimum atomic E-state index is 0.122. The molecular weight excluding hydrogens is 412 g/mol. The van der Waals surface area contributed by atoms with Crippen LogP contribution < -0.4 is 9.64 Å². The van der Waals surface area contributed by atoms with Crippen LogP contribution in [-0.4, -0.2) is 54.3 Å². The van der Waals surface area contributed by atoms with E-state index in [4.69, 9.17) is 4.74 Å². The maximum absolute atomic E-state index is 12.8. The highest BCUT2D eigenvalue weighted by molar-refractivity contribution is 5.86. The minimum absolute atomic E-state index is 0.122. The number of rotatable bonds is 5. The van der Waals surface area contributed by atoms with Gasteiger partial charge in [0.05, 0.1) is 19.2 Å². The molecule has 5 rings (SSSR count). The number of hydrogen-bond acceptors (Lipinski definition) is 5. The second-order valence-electron chi connectivity index (χ2n) is 8.20. The second-order valence-corrected chi connectivity index (χ2v) is 8.20. The van der Waals surface area contributed by atoms with Crippen LogP contribution in [0.4, 0.5) is 5.82 Å². The number of anilines is 1. The molecule has 1 fully saturated rings. The van der Waals surface area contributed by atoms with Crippen LogP contribution >= 0.6 is 0 Å². The number of hydrogen-bond donors (Lipinski definition) is 0. The number of carbonyl (C=O) groups excluding carboxylic acids is 1. The van der Waals surface area contributed by atoms with Crippen molar-refractivity contribution in [3.05, 3.63) is 84.4 Å². The Morgan fingerprint density at radius 3 is 2.36 bits per heavy atom. The number of aromatic nitrogens is 2. The molecule has 4 aromatic rings. The lowest BCUT2D eigenvalue weighted by Gasteiger charge is -2.35. The van der Waals surface area contributed by atoms with Crippen molar-refractivity contribution < 1.29 is 9.53 Å². The third-order valence-corrected chi connectivity index (χ3v) is 6.19. The first-order valence-electron chi connectivity index (χ1n) is 11.2. The molecule has 0 atom stereocenters. The Hall–Kier alpha value is -3.93.